The zero-order valence-corrected chi connectivity index (χ0v) is 14.8. The van der Waals surface area contributed by atoms with Crippen molar-refractivity contribution >= 4 is 11.6 Å². The van der Waals surface area contributed by atoms with Crippen molar-refractivity contribution < 1.29 is 19.0 Å². The summed E-state index contributed by atoms with van der Waals surface area (Å²) in [6.07, 6.45) is 0. The van der Waals surface area contributed by atoms with Crippen LogP contribution >= 0.6 is 0 Å². The normalized spacial score (nSPS) is 11.0. The molecule has 6 heteroatoms. The molecule has 0 aliphatic heterocycles. The van der Waals surface area contributed by atoms with Crippen LogP contribution in [0.25, 0.3) is 0 Å². The van der Waals surface area contributed by atoms with Crippen molar-refractivity contribution in [2.45, 2.75) is 13.8 Å². The minimum absolute atomic E-state index is 0.289. The van der Waals surface area contributed by atoms with Crippen molar-refractivity contribution in [2.75, 3.05) is 20.8 Å². The van der Waals surface area contributed by atoms with Gasteiger partial charge in [0.25, 0.3) is 5.91 Å². The second-order valence-electron chi connectivity index (χ2n) is 5.17. The second-order valence-corrected chi connectivity index (χ2v) is 5.17. The van der Waals surface area contributed by atoms with Gasteiger partial charge in [0.2, 0.25) is 0 Å². The van der Waals surface area contributed by atoms with Gasteiger partial charge < -0.3 is 14.2 Å². The molecule has 0 fully saturated rings. The monoisotopic (exact) mass is 342 g/mol. The van der Waals surface area contributed by atoms with E-state index >= 15 is 0 Å². The lowest BCUT2D eigenvalue weighted by Gasteiger charge is -2.09. The van der Waals surface area contributed by atoms with Crippen molar-refractivity contribution in [2.24, 2.45) is 5.10 Å². The van der Waals surface area contributed by atoms with Crippen LogP contribution in [-0.2, 0) is 0 Å². The van der Waals surface area contributed by atoms with E-state index in [0.717, 1.165) is 11.3 Å². The van der Waals surface area contributed by atoms with Gasteiger partial charge in [-0.1, -0.05) is 0 Å². The quantitative estimate of drug-likeness (QED) is 0.619. The Morgan fingerprint density at radius 2 is 1.64 bits per heavy atom. The molecule has 0 heterocycles. The van der Waals surface area contributed by atoms with Gasteiger partial charge in [0.05, 0.1) is 26.5 Å². The molecular weight excluding hydrogens is 320 g/mol. The first-order valence-electron chi connectivity index (χ1n) is 7.89. The Kier molecular flexibility index (Phi) is 6.39. The largest absolute Gasteiger partial charge is 0.494 e. The highest BCUT2D eigenvalue weighted by atomic mass is 16.5. The molecule has 0 saturated carbocycles. The van der Waals surface area contributed by atoms with Gasteiger partial charge in [0.15, 0.2) is 11.5 Å². The zero-order valence-electron chi connectivity index (χ0n) is 14.8. The lowest BCUT2D eigenvalue weighted by molar-refractivity contribution is 0.0955. The molecule has 0 spiro atoms. The van der Waals surface area contributed by atoms with Crippen molar-refractivity contribution in [3.63, 3.8) is 0 Å². The summed E-state index contributed by atoms with van der Waals surface area (Å²) in [6.45, 7) is 4.30. The van der Waals surface area contributed by atoms with Crippen LogP contribution in [0.5, 0.6) is 17.2 Å². The number of rotatable bonds is 7. The molecular formula is C19H22N2O4. The number of hydrazone groups is 1. The van der Waals surface area contributed by atoms with Gasteiger partial charge in [-0.15, -0.1) is 0 Å². The predicted molar refractivity (Wildman–Crippen MR) is 96.8 cm³/mol. The first-order valence-corrected chi connectivity index (χ1v) is 7.89. The molecule has 0 radical (unpaired) electrons. The number of methoxy groups -OCH3 is 2. The van der Waals surface area contributed by atoms with Gasteiger partial charge in [-0.05, 0) is 56.3 Å². The molecule has 0 bridgehead atoms. The van der Waals surface area contributed by atoms with Crippen LogP contribution in [0.15, 0.2) is 47.6 Å². The molecule has 0 unspecified atom stereocenters. The standard InChI is InChI=1S/C19H22N2O4/c1-5-25-16-9-6-14(7-10-16)19(22)21-20-13(2)15-8-11-17(23-3)18(12-15)24-4/h6-12H,5H2,1-4H3,(H,21,22). The molecule has 0 aromatic heterocycles. The molecule has 0 saturated heterocycles. The predicted octanol–water partition coefficient (Wildman–Crippen LogP) is 3.26. The minimum Gasteiger partial charge on any atom is -0.494 e. The third-order valence-electron chi connectivity index (χ3n) is 3.55. The Morgan fingerprint density at radius 1 is 1.00 bits per heavy atom. The summed E-state index contributed by atoms with van der Waals surface area (Å²) in [5.74, 6) is 1.68. The molecule has 6 nitrogen and oxygen atoms in total. The molecule has 25 heavy (non-hydrogen) atoms. The maximum Gasteiger partial charge on any atom is 0.271 e. The molecule has 2 rings (SSSR count). The number of carbonyl (C=O) groups excluding carboxylic acids is 1. The molecule has 1 amide bonds. The number of hydrogen-bond acceptors (Lipinski definition) is 5. The van der Waals surface area contributed by atoms with Crippen LogP contribution in [0, 0.1) is 0 Å². The second kappa shape index (κ2) is 8.73. The summed E-state index contributed by atoms with van der Waals surface area (Å²) in [4.78, 5) is 12.2. The van der Waals surface area contributed by atoms with Crippen molar-refractivity contribution in [3.8, 4) is 17.2 Å². The van der Waals surface area contributed by atoms with Crippen LogP contribution in [0.1, 0.15) is 29.8 Å². The highest BCUT2D eigenvalue weighted by Crippen LogP contribution is 2.27. The Labute approximate surface area is 147 Å². The van der Waals surface area contributed by atoms with Crippen molar-refractivity contribution in [1.82, 2.24) is 5.43 Å². The molecule has 0 aliphatic rings. The van der Waals surface area contributed by atoms with E-state index < -0.39 is 0 Å². The molecule has 1 N–H and O–H groups in total. The van der Waals surface area contributed by atoms with E-state index in [1.807, 2.05) is 13.0 Å². The average Bonchev–Trinajstić information content (AvgIpc) is 2.66. The number of benzene rings is 2. The van der Waals surface area contributed by atoms with E-state index in [2.05, 4.69) is 10.5 Å². The fraction of sp³-hybridized carbons (Fsp3) is 0.263. The van der Waals surface area contributed by atoms with E-state index in [4.69, 9.17) is 14.2 Å². The summed E-state index contributed by atoms with van der Waals surface area (Å²) < 4.78 is 15.8. The molecule has 0 aliphatic carbocycles. The Morgan fingerprint density at radius 3 is 2.24 bits per heavy atom. The molecule has 132 valence electrons. The van der Waals surface area contributed by atoms with Crippen LogP contribution in [0.3, 0.4) is 0 Å². The highest BCUT2D eigenvalue weighted by molar-refractivity contribution is 6.01. The number of carbonyl (C=O) groups is 1. The van der Waals surface area contributed by atoms with Gasteiger partial charge >= 0.3 is 0 Å². The first-order chi connectivity index (χ1) is 12.1. The summed E-state index contributed by atoms with van der Waals surface area (Å²) in [6, 6.07) is 12.3. The number of nitrogens with zero attached hydrogens (tertiary/aromatic N) is 1. The van der Waals surface area contributed by atoms with Crippen LogP contribution in [0.2, 0.25) is 0 Å². The smallest absolute Gasteiger partial charge is 0.271 e. The number of hydrogen-bond donors (Lipinski definition) is 1. The fourth-order valence-corrected chi connectivity index (χ4v) is 2.19. The van der Waals surface area contributed by atoms with Crippen LogP contribution in [-0.4, -0.2) is 32.4 Å². The summed E-state index contributed by atoms with van der Waals surface area (Å²) >= 11 is 0. The van der Waals surface area contributed by atoms with E-state index in [1.54, 1.807) is 57.5 Å². The van der Waals surface area contributed by atoms with E-state index in [0.29, 0.717) is 29.4 Å². The minimum atomic E-state index is -0.289. The third-order valence-corrected chi connectivity index (χ3v) is 3.55. The lowest BCUT2D eigenvalue weighted by Crippen LogP contribution is -2.19. The van der Waals surface area contributed by atoms with Gasteiger partial charge in [-0.2, -0.15) is 5.10 Å². The van der Waals surface area contributed by atoms with E-state index in [-0.39, 0.29) is 5.91 Å². The lowest BCUT2D eigenvalue weighted by atomic mass is 10.1. The summed E-state index contributed by atoms with van der Waals surface area (Å²) in [7, 11) is 3.15. The van der Waals surface area contributed by atoms with E-state index in [9.17, 15) is 4.79 Å². The first kappa shape index (κ1) is 18.3. The van der Waals surface area contributed by atoms with Crippen molar-refractivity contribution in [3.05, 3.63) is 53.6 Å². The summed E-state index contributed by atoms with van der Waals surface area (Å²) in [5.41, 5.74) is 4.53. The van der Waals surface area contributed by atoms with Gasteiger partial charge in [-0.3, -0.25) is 4.79 Å². The average molecular weight is 342 g/mol. The third kappa shape index (κ3) is 4.73. The Bertz CT molecular complexity index is 755. The van der Waals surface area contributed by atoms with Gasteiger partial charge in [0, 0.05) is 11.1 Å². The van der Waals surface area contributed by atoms with Crippen molar-refractivity contribution in [1.29, 1.82) is 0 Å². The SMILES string of the molecule is CCOc1ccc(C(=O)NN=C(C)c2ccc(OC)c(OC)c2)cc1. The van der Waals surface area contributed by atoms with Gasteiger partial charge in [0.1, 0.15) is 5.75 Å². The van der Waals surface area contributed by atoms with Crippen LogP contribution in [0.4, 0.5) is 0 Å². The topological polar surface area (TPSA) is 69.2 Å². The maximum absolute atomic E-state index is 12.2. The number of ether oxygens (including phenoxy) is 3. The van der Waals surface area contributed by atoms with E-state index in [1.165, 1.54) is 0 Å². The zero-order chi connectivity index (χ0) is 18.2. The number of amides is 1. The molecule has 0 atom stereocenters. The molecule has 2 aromatic rings. The Hall–Kier alpha value is -3.02. The summed E-state index contributed by atoms with van der Waals surface area (Å²) in [5, 5.41) is 4.15. The highest BCUT2D eigenvalue weighted by Gasteiger charge is 2.08. The molecule has 2 aromatic carbocycles. The number of nitrogens with one attached hydrogen (secondary N) is 1. The maximum atomic E-state index is 12.2. The van der Waals surface area contributed by atoms with Gasteiger partial charge in [-0.25, -0.2) is 5.43 Å². The fourth-order valence-electron chi connectivity index (χ4n) is 2.19. The Balaban J connectivity index is 2.08. The van der Waals surface area contributed by atoms with Crippen LogP contribution < -0.4 is 19.6 Å².